The van der Waals surface area contributed by atoms with Crippen LogP contribution in [0.4, 0.5) is 0 Å². The van der Waals surface area contributed by atoms with Crippen LogP contribution in [0.15, 0.2) is 24.3 Å². The van der Waals surface area contributed by atoms with Gasteiger partial charge in [-0.3, -0.25) is 4.98 Å². The van der Waals surface area contributed by atoms with Crippen molar-refractivity contribution in [2.75, 3.05) is 6.54 Å². The molecule has 1 aliphatic rings. The van der Waals surface area contributed by atoms with Gasteiger partial charge in [0.2, 0.25) is 0 Å². The van der Waals surface area contributed by atoms with Gasteiger partial charge in [0, 0.05) is 36.2 Å². The van der Waals surface area contributed by atoms with Crippen LogP contribution in [0.2, 0.25) is 0 Å². The van der Waals surface area contributed by atoms with Crippen LogP contribution in [0.5, 0.6) is 0 Å². The first-order valence-corrected chi connectivity index (χ1v) is 11.1. The van der Waals surface area contributed by atoms with Crippen LogP contribution in [-0.2, 0) is 5.60 Å². The van der Waals surface area contributed by atoms with E-state index in [0.717, 1.165) is 27.8 Å². The summed E-state index contributed by atoms with van der Waals surface area (Å²) in [7, 11) is 2.78. The molecule has 1 fully saturated rings. The van der Waals surface area contributed by atoms with E-state index in [-0.39, 0.29) is 5.92 Å². The molecule has 3 N–H and O–H groups in total. The summed E-state index contributed by atoms with van der Waals surface area (Å²) in [6.07, 6.45) is 2.45. The molecular weight excluding hydrogens is 557 g/mol. The number of nitrogens with two attached hydrogens (primary N) is 1. The van der Waals surface area contributed by atoms with E-state index >= 15 is 0 Å². The Kier molecular flexibility index (Phi) is 6.11. The zero-order valence-electron chi connectivity index (χ0n) is 14.4. The van der Waals surface area contributed by atoms with Crippen molar-refractivity contribution in [2.45, 2.75) is 38.2 Å². The number of aromatic nitrogens is 1. The number of nitrogens with zero attached hydrogens (tertiary/aromatic N) is 1. The van der Waals surface area contributed by atoms with Crippen molar-refractivity contribution in [3.8, 4) is 11.3 Å². The molecule has 0 saturated heterocycles. The molecule has 0 spiro atoms. The third kappa shape index (κ3) is 4.37. The van der Waals surface area contributed by atoms with Crippen LogP contribution in [0.25, 0.3) is 11.3 Å². The van der Waals surface area contributed by atoms with Crippen LogP contribution in [0.1, 0.15) is 43.9 Å². The van der Waals surface area contributed by atoms with Crippen molar-refractivity contribution in [3.05, 3.63) is 42.7 Å². The third-order valence-electron chi connectivity index (χ3n) is 4.76. The molecule has 1 aromatic carbocycles. The largest absolute Gasteiger partial charge is 0.386 e. The summed E-state index contributed by atoms with van der Waals surface area (Å²) in [5.41, 5.74) is 9.06. The van der Waals surface area contributed by atoms with Crippen LogP contribution < -0.4 is 11.0 Å². The van der Waals surface area contributed by atoms with Gasteiger partial charge in [0.25, 0.3) is 0 Å². The van der Waals surface area contributed by atoms with Gasteiger partial charge in [-0.2, -0.15) is 0 Å². The molecule has 2 aromatic rings. The van der Waals surface area contributed by atoms with Crippen molar-refractivity contribution in [2.24, 2.45) is 11.7 Å². The average Bonchev–Trinajstić information content (AvgIpc) is 3.36. The minimum atomic E-state index is -0.928. The van der Waals surface area contributed by atoms with Crippen molar-refractivity contribution >= 4 is 59.7 Å². The molecule has 1 aromatic heterocycles. The van der Waals surface area contributed by atoms with Gasteiger partial charge in [-0.05, 0) is 102 Å². The van der Waals surface area contributed by atoms with E-state index in [4.69, 9.17) is 10.7 Å². The van der Waals surface area contributed by atoms with Crippen LogP contribution in [-0.4, -0.2) is 16.6 Å². The molecule has 25 heavy (non-hydrogen) atoms. The van der Waals surface area contributed by atoms with Crippen molar-refractivity contribution in [1.82, 2.24) is 4.98 Å². The SMILES string of the molecule is CC(C)(O)c1cc(C(CN)C2CC2)nc(-c2ccc(I)c(I)c2)c1P. The number of benzene rings is 1. The maximum atomic E-state index is 10.7. The lowest BCUT2D eigenvalue weighted by Gasteiger charge is -2.25. The summed E-state index contributed by atoms with van der Waals surface area (Å²) >= 11 is 4.69. The predicted octanol–water partition coefficient (Wildman–Crippen LogP) is 4.14. The Morgan fingerprint density at radius 1 is 1.28 bits per heavy atom. The number of hydrogen-bond donors (Lipinski definition) is 2. The number of halogens is 2. The molecule has 0 bridgehead atoms. The van der Waals surface area contributed by atoms with E-state index in [1.807, 2.05) is 13.8 Å². The van der Waals surface area contributed by atoms with Crippen molar-refractivity contribution < 1.29 is 5.11 Å². The molecule has 0 amide bonds. The lowest BCUT2D eigenvalue weighted by atomic mass is 9.91. The molecule has 3 rings (SSSR count). The van der Waals surface area contributed by atoms with Gasteiger partial charge < -0.3 is 10.8 Å². The fourth-order valence-corrected chi connectivity index (χ4v) is 4.71. The summed E-state index contributed by atoms with van der Waals surface area (Å²) in [5, 5.41) is 11.7. The number of rotatable bonds is 5. The summed E-state index contributed by atoms with van der Waals surface area (Å²) < 4.78 is 2.43. The summed E-state index contributed by atoms with van der Waals surface area (Å²) in [6, 6.07) is 8.43. The van der Waals surface area contributed by atoms with Crippen LogP contribution in [0, 0.1) is 13.1 Å². The van der Waals surface area contributed by atoms with Gasteiger partial charge >= 0.3 is 0 Å². The average molecular weight is 580 g/mol. The smallest absolute Gasteiger partial charge is 0.0847 e. The van der Waals surface area contributed by atoms with E-state index in [0.29, 0.717) is 12.5 Å². The van der Waals surface area contributed by atoms with Crippen molar-refractivity contribution in [1.29, 1.82) is 0 Å². The second-order valence-corrected chi connectivity index (χ2v) is 10.1. The van der Waals surface area contributed by atoms with Gasteiger partial charge in [0.1, 0.15) is 0 Å². The fourth-order valence-electron chi connectivity index (χ4n) is 3.19. The van der Waals surface area contributed by atoms with Crippen molar-refractivity contribution in [3.63, 3.8) is 0 Å². The van der Waals surface area contributed by atoms with E-state index in [1.165, 1.54) is 20.0 Å². The molecular formula is C19H23I2N2OP. The van der Waals surface area contributed by atoms with Gasteiger partial charge in [-0.25, -0.2) is 0 Å². The topological polar surface area (TPSA) is 59.1 Å². The van der Waals surface area contributed by atoms with E-state index in [9.17, 15) is 5.11 Å². The Hall–Kier alpha value is 0.180. The highest BCUT2D eigenvalue weighted by atomic mass is 127. The Labute approximate surface area is 179 Å². The van der Waals surface area contributed by atoms with E-state index in [2.05, 4.69) is 78.7 Å². The fraction of sp³-hybridized carbons (Fsp3) is 0.421. The predicted molar refractivity (Wildman–Crippen MR) is 124 cm³/mol. The normalized spacial score (nSPS) is 16.1. The summed E-state index contributed by atoms with van der Waals surface area (Å²) in [5.74, 6) is 0.903. The highest BCUT2D eigenvalue weighted by molar-refractivity contribution is 14.1. The lowest BCUT2D eigenvalue weighted by Crippen LogP contribution is -2.26. The van der Waals surface area contributed by atoms with Gasteiger partial charge in [-0.15, -0.1) is 9.24 Å². The standard InChI is InChI=1S/C19H23I2N2OP/c1-19(2,24)13-8-16(12(9-22)10-3-4-10)23-17(18(13)25)11-5-6-14(20)15(21)7-11/h5-8,10,12,24H,3-4,9,22,25H2,1-2H3. The number of hydrogen-bond acceptors (Lipinski definition) is 3. The first-order chi connectivity index (χ1) is 11.7. The zero-order valence-corrected chi connectivity index (χ0v) is 19.9. The maximum Gasteiger partial charge on any atom is 0.0847 e. The second kappa shape index (κ2) is 7.66. The first kappa shape index (κ1) is 19.9. The monoisotopic (exact) mass is 580 g/mol. The Morgan fingerprint density at radius 2 is 1.96 bits per heavy atom. The molecule has 1 saturated carbocycles. The third-order valence-corrected chi connectivity index (χ3v) is 8.21. The number of pyridine rings is 1. The number of aliphatic hydroxyl groups is 1. The highest BCUT2D eigenvalue weighted by Crippen LogP contribution is 2.42. The second-order valence-electron chi connectivity index (χ2n) is 7.22. The maximum absolute atomic E-state index is 10.7. The quantitative estimate of drug-likeness (QED) is 0.414. The molecule has 3 nitrogen and oxygen atoms in total. The lowest BCUT2D eigenvalue weighted by molar-refractivity contribution is 0.0795. The van der Waals surface area contributed by atoms with Crippen LogP contribution >= 0.6 is 54.4 Å². The first-order valence-electron chi connectivity index (χ1n) is 8.41. The molecule has 1 aliphatic carbocycles. The zero-order chi connectivity index (χ0) is 18.4. The van der Waals surface area contributed by atoms with Gasteiger partial charge in [0.05, 0.1) is 11.3 Å². The molecule has 0 radical (unpaired) electrons. The molecule has 6 heteroatoms. The van der Waals surface area contributed by atoms with Gasteiger partial charge in [-0.1, -0.05) is 6.07 Å². The Balaban J connectivity index is 2.20. The minimum Gasteiger partial charge on any atom is -0.386 e. The van der Waals surface area contributed by atoms with E-state index in [1.54, 1.807) is 0 Å². The molecule has 2 atom stereocenters. The highest BCUT2D eigenvalue weighted by Gasteiger charge is 2.34. The summed E-state index contributed by atoms with van der Waals surface area (Å²) in [6.45, 7) is 4.26. The molecule has 0 aliphatic heterocycles. The van der Waals surface area contributed by atoms with Gasteiger partial charge in [0.15, 0.2) is 0 Å². The minimum absolute atomic E-state index is 0.272. The Bertz CT molecular complexity index is 801. The summed E-state index contributed by atoms with van der Waals surface area (Å²) in [4.78, 5) is 5.00. The van der Waals surface area contributed by atoms with E-state index < -0.39 is 5.60 Å². The Morgan fingerprint density at radius 3 is 2.48 bits per heavy atom. The van der Waals surface area contributed by atoms with Crippen LogP contribution in [0.3, 0.4) is 0 Å². The molecule has 134 valence electrons. The molecule has 2 unspecified atom stereocenters. The molecule has 1 heterocycles.